The number of aryl methyl sites for hydroxylation is 1. The molecule has 0 aliphatic heterocycles. The largest absolute Gasteiger partial charge is 0.497 e. The summed E-state index contributed by atoms with van der Waals surface area (Å²) in [7, 11) is 1.53. The summed E-state index contributed by atoms with van der Waals surface area (Å²) in [5.74, 6) is -1.31. The highest BCUT2D eigenvalue weighted by Crippen LogP contribution is 2.35. The van der Waals surface area contributed by atoms with Crippen molar-refractivity contribution in [1.82, 2.24) is 20.1 Å². The summed E-state index contributed by atoms with van der Waals surface area (Å²) in [5.41, 5.74) is 0.0190. The lowest BCUT2D eigenvalue weighted by molar-refractivity contribution is -0.149. The van der Waals surface area contributed by atoms with E-state index < -0.39 is 28.9 Å². The van der Waals surface area contributed by atoms with E-state index in [4.69, 9.17) is 9.47 Å². The third-order valence-corrected chi connectivity index (χ3v) is 6.40. The molecule has 0 aliphatic rings. The van der Waals surface area contributed by atoms with Crippen LogP contribution in [0.2, 0.25) is 0 Å². The number of methoxy groups -OCH3 is 1. The third-order valence-electron chi connectivity index (χ3n) is 6.40. The van der Waals surface area contributed by atoms with Crippen LogP contribution >= 0.6 is 0 Å². The molecule has 0 unspecified atom stereocenters. The quantitative estimate of drug-likeness (QED) is 0.259. The van der Waals surface area contributed by atoms with Gasteiger partial charge in [0.1, 0.15) is 12.4 Å². The zero-order valence-corrected chi connectivity index (χ0v) is 23.4. The van der Waals surface area contributed by atoms with Crippen LogP contribution in [0.3, 0.4) is 0 Å². The minimum Gasteiger partial charge on any atom is -0.497 e. The van der Waals surface area contributed by atoms with E-state index in [9.17, 15) is 19.5 Å². The number of rotatable bonds is 9. The van der Waals surface area contributed by atoms with Gasteiger partial charge in [-0.2, -0.15) is 5.10 Å². The van der Waals surface area contributed by atoms with E-state index in [2.05, 4.69) is 20.7 Å². The number of Topliss-reactive ketones (excluding diaryl/α,β-unsaturated/α-hetero) is 1. The first-order chi connectivity index (χ1) is 18.8. The number of carboxylic acid groups (broad SMARTS) is 1. The maximum atomic E-state index is 13.3. The number of hydrogen-bond donors (Lipinski definition) is 3. The molecule has 4 aromatic rings. The number of aromatic nitrogens is 3. The van der Waals surface area contributed by atoms with E-state index >= 15 is 0 Å². The van der Waals surface area contributed by atoms with Crippen LogP contribution in [0.5, 0.6) is 5.75 Å². The normalized spacial score (nSPS) is 13.2. The second-order valence-electron chi connectivity index (χ2n) is 10.7. The molecule has 0 saturated carbocycles. The van der Waals surface area contributed by atoms with Crippen molar-refractivity contribution < 1.29 is 29.0 Å². The summed E-state index contributed by atoms with van der Waals surface area (Å²) in [6, 6.07) is 14.5. The van der Waals surface area contributed by atoms with Crippen LogP contribution in [0.25, 0.3) is 21.9 Å². The fourth-order valence-corrected chi connectivity index (χ4v) is 4.53. The minimum atomic E-state index is -1.84. The first-order valence-electron chi connectivity index (χ1n) is 12.7. The van der Waals surface area contributed by atoms with Crippen LogP contribution in [0.1, 0.15) is 39.0 Å². The minimum absolute atomic E-state index is 0.0546. The molecule has 0 amide bonds. The lowest BCUT2D eigenvalue weighted by Gasteiger charge is -2.33. The highest BCUT2D eigenvalue weighted by atomic mass is 16.6. The van der Waals surface area contributed by atoms with Crippen LogP contribution in [-0.4, -0.2) is 62.4 Å². The lowest BCUT2D eigenvalue weighted by atomic mass is 9.92. The molecule has 11 nitrogen and oxygen atoms in total. The number of fused-ring (bicyclic) bond motifs is 2. The summed E-state index contributed by atoms with van der Waals surface area (Å²) in [5, 5.41) is 21.5. The number of nitrogens with zero attached hydrogens (tertiary/aromatic N) is 3. The molecule has 210 valence electrons. The zero-order valence-electron chi connectivity index (χ0n) is 23.4. The molecule has 0 aliphatic carbocycles. The number of aliphatic carboxylic acids is 1. The van der Waals surface area contributed by atoms with E-state index in [1.165, 1.54) is 14.0 Å². The van der Waals surface area contributed by atoms with Gasteiger partial charge < -0.3 is 19.9 Å². The molecule has 0 bridgehead atoms. The van der Waals surface area contributed by atoms with Gasteiger partial charge in [-0.3, -0.25) is 10.1 Å². The Labute approximate surface area is 231 Å². The van der Waals surface area contributed by atoms with Crippen molar-refractivity contribution in [1.29, 1.82) is 0 Å². The molecular weight excluding hydrogens is 514 g/mol. The third kappa shape index (κ3) is 5.74. The Bertz CT molecular complexity index is 1590. The summed E-state index contributed by atoms with van der Waals surface area (Å²) < 4.78 is 12.0. The second-order valence-corrected chi connectivity index (χ2v) is 10.7. The average Bonchev–Trinajstić information content (AvgIpc) is 3.24. The Morgan fingerprint density at radius 3 is 2.38 bits per heavy atom. The van der Waals surface area contributed by atoms with E-state index in [-0.39, 0.29) is 18.8 Å². The fourth-order valence-electron chi connectivity index (χ4n) is 4.53. The van der Waals surface area contributed by atoms with Gasteiger partial charge in [-0.05, 0) is 58.4 Å². The zero-order chi connectivity index (χ0) is 29.2. The van der Waals surface area contributed by atoms with Crippen molar-refractivity contribution in [2.45, 2.75) is 52.3 Å². The topological polar surface area (TPSA) is 145 Å². The number of anilines is 1. The molecule has 0 radical (unpaired) electrons. The number of hydrogen-bond acceptors (Lipinski definition) is 9. The molecular formula is C29H33N5O6. The molecule has 2 aromatic heterocycles. The van der Waals surface area contributed by atoms with Crippen molar-refractivity contribution in [2.75, 3.05) is 19.0 Å². The Hall–Kier alpha value is -4.51. The van der Waals surface area contributed by atoms with Gasteiger partial charge in [-0.25, -0.2) is 14.6 Å². The summed E-state index contributed by atoms with van der Waals surface area (Å²) in [6.07, 6.45) is -0.711. The second kappa shape index (κ2) is 10.9. The molecule has 0 spiro atoms. The van der Waals surface area contributed by atoms with Gasteiger partial charge in [0.05, 0.1) is 35.9 Å². The SMILES string of the molecule is COc1ccc2nc3c(c(C)nn3C(=O)OCc3ccccc3)c(NCC(=O)[C@@](C)(NC(C)(C)C)C(=O)O)c2c1. The molecule has 1 atom stereocenters. The summed E-state index contributed by atoms with van der Waals surface area (Å²) >= 11 is 0. The van der Waals surface area contributed by atoms with Crippen molar-refractivity contribution >= 4 is 45.5 Å². The van der Waals surface area contributed by atoms with Gasteiger partial charge in [0.15, 0.2) is 17.0 Å². The fraction of sp³-hybridized carbons (Fsp3) is 0.345. The Kier molecular flexibility index (Phi) is 7.79. The Balaban J connectivity index is 1.76. The van der Waals surface area contributed by atoms with Crippen LogP contribution in [-0.2, 0) is 20.9 Å². The summed E-state index contributed by atoms with van der Waals surface area (Å²) in [4.78, 5) is 43.2. The number of benzene rings is 2. The predicted molar refractivity (Wildman–Crippen MR) is 151 cm³/mol. The van der Waals surface area contributed by atoms with Crippen molar-refractivity contribution in [3.8, 4) is 5.75 Å². The molecule has 3 N–H and O–H groups in total. The average molecular weight is 548 g/mol. The van der Waals surface area contributed by atoms with Crippen molar-refractivity contribution in [3.63, 3.8) is 0 Å². The Morgan fingerprint density at radius 2 is 1.75 bits per heavy atom. The number of carbonyl (C=O) groups is 3. The highest BCUT2D eigenvalue weighted by molar-refractivity contribution is 6.12. The van der Waals surface area contributed by atoms with Gasteiger partial charge in [-0.15, -0.1) is 4.68 Å². The molecule has 2 heterocycles. The summed E-state index contributed by atoms with van der Waals surface area (Å²) in [6.45, 7) is 8.16. The standard InChI is InChI=1S/C29H33N5O6/c1-17-23-24(30-15-22(35)29(5,26(36)37)33-28(2,3)4)20-14-19(39-6)12-13-21(20)31-25(23)34(32-17)27(38)40-16-18-10-8-7-9-11-18/h7-14,33H,15-16H2,1-6H3,(H,30,31)(H,36,37)/t29-/m1/s1. The Morgan fingerprint density at radius 1 is 1.05 bits per heavy atom. The highest BCUT2D eigenvalue weighted by Gasteiger charge is 2.43. The maximum absolute atomic E-state index is 13.3. The number of ether oxygens (including phenoxy) is 2. The first-order valence-corrected chi connectivity index (χ1v) is 12.7. The smallest absolute Gasteiger partial charge is 0.437 e. The van der Waals surface area contributed by atoms with E-state index in [1.807, 2.05) is 30.3 Å². The van der Waals surface area contributed by atoms with Gasteiger partial charge in [0.2, 0.25) is 0 Å². The molecule has 0 fully saturated rings. The number of ketones is 1. The van der Waals surface area contributed by atoms with Crippen LogP contribution in [0.15, 0.2) is 48.5 Å². The first kappa shape index (κ1) is 28.5. The monoisotopic (exact) mass is 547 g/mol. The molecule has 11 heteroatoms. The van der Waals surface area contributed by atoms with Gasteiger partial charge >= 0.3 is 12.1 Å². The van der Waals surface area contributed by atoms with Crippen LogP contribution < -0.4 is 15.4 Å². The number of carbonyl (C=O) groups excluding carboxylic acids is 2. The van der Waals surface area contributed by atoms with Gasteiger partial charge in [0.25, 0.3) is 0 Å². The van der Waals surface area contributed by atoms with Crippen LogP contribution in [0.4, 0.5) is 10.5 Å². The molecule has 2 aromatic carbocycles. The predicted octanol–water partition coefficient (Wildman–Crippen LogP) is 4.30. The molecule has 4 rings (SSSR count). The maximum Gasteiger partial charge on any atom is 0.437 e. The lowest BCUT2D eigenvalue weighted by Crippen LogP contribution is -2.63. The molecule has 40 heavy (non-hydrogen) atoms. The van der Waals surface area contributed by atoms with Gasteiger partial charge in [-0.1, -0.05) is 30.3 Å². The van der Waals surface area contributed by atoms with Gasteiger partial charge in [0, 0.05) is 10.9 Å². The van der Waals surface area contributed by atoms with Crippen molar-refractivity contribution in [3.05, 3.63) is 59.8 Å². The molecule has 0 saturated heterocycles. The number of nitrogens with one attached hydrogen (secondary N) is 2. The number of carboxylic acids is 1. The number of pyridine rings is 1. The van der Waals surface area contributed by atoms with E-state index in [1.54, 1.807) is 45.9 Å². The van der Waals surface area contributed by atoms with E-state index in [0.29, 0.717) is 33.4 Å². The van der Waals surface area contributed by atoms with Crippen molar-refractivity contribution in [2.24, 2.45) is 0 Å². The van der Waals surface area contributed by atoms with Crippen LogP contribution in [0, 0.1) is 6.92 Å². The van der Waals surface area contributed by atoms with E-state index in [0.717, 1.165) is 10.2 Å².